The molecule has 1 aliphatic carbocycles. The van der Waals surface area contributed by atoms with Gasteiger partial charge in [0.05, 0.1) is 13.2 Å². The van der Waals surface area contributed by atoms with E-state index in [9.17, 15) is 35.1 Å². The van der Waals surface area contributed by atoms with Crippen molar-refractivity contribution in [1.82, 2.24) is 0 Å². The molecule has 2 fully saturated rings. The SMILES string of the molecule is Fc1cc(C2OCC(CC3CC3)CO2)ccc1-c1cc(F)c(C(F)(F)Oc2cc(F)c(F)c(F)c2)c(F)c1. The molecular formula is C27H20F8O3. The number of rotatable bonds is 7. The minimum Gasteiger partial charge on any atom is -0.429 e. The molecule has 0 bridgehead atoms. The summed E-state index contributed by atoms with van der Waals surface area (Å²) in [6.45, 7) is 0.909. The van der Waals surface area contributed by atoms with Crippen LogP contribution < -0.4 is 4.74 Å². The van der Waals surface area contributed by atoms with Crippen molar-refractivity contribution in [2.75, 3.05) is 13.2 Å². The first-order valence-corrected chi connectivity index (χ1v) is 11.8. The van der Waals surface area contributed by atoms with E-state index in [2.05, 4.69) is 4.74 Å². The van der Waals surface area contributed by atoms with E-state index < -0.39 is 64.2 Å². The molecule has 1 aliphatic heterocycles. The first-order chi connectivity index (χ1) is 18.0. The molecule has 1 saturated heterocycles. The van der Waals surface area contributed by atoms with E-state index in [1.165, 1.54) is 25.0 Å². The second kappa shape index (κ2) is 10.2. The van der Waals surface area contributed by atoms with Crippen LogP contribution in [0.1, 0.15) is 36.7 Å². The van der Waals surface area contributed by atoms with Crippen LogP contribution in [0.5, 0.6) is 5.75 Å². The summed E-state index contributed by atoms with van der Waals surface area (Å²) >= 11 is 0. The third-order valence-electron chi connectivity index (χ3n) is 6.44. The predicted molar refractivity (Wildman–Crippen MR) is 118 cm³/mol. The van der Waals surface area contributed by atoms with Gasteiger partial charge in [-0.25, -0.2) is 26.3 Å². The Morgan fingerprint density at radius 3 is 1.89 bits per heavy atom. The van der Waals surface area contributed by atoms with Crippen LogP contribution >= 0.6 is 0 Å². The van der Waals surface area contributed by atoms with Crippen molar-refractivity contribution in [3.8, 4) is 16.9 Å². The van der Waals surface area contributed by atoms with Crippen LogP contribution in [-0.2, 0) is 15.6 Å². The lowest BCUT2D eigenvalue weighted by Gasteiger charge is -2.29. The van der Waals surface area contributed by atoms with Gasteiger partial charge in [0.2, 0.25) is 0 Å². The van der Waals surface area contributed by atoms with E-state index >= 15 is 0 Å². The Hall–Kier alpha value is -3.18. The fraction of sp³-hybridized carbons (Fsp3) is 0.333. The van der Waals surface area contributed by atoms with Crippen LogP contribution in [0, 0.1) is 46.7 Å². The van der Waals surface area contributed by atoms with Crippen molar-refractivity contribution in [1.29, 1.82) is 0 Å². The monoisotopic (exact) mass is 544 g/mol. The molecule has 0 spiro atoms. The Morgan fingerprint density at radius 1 is 0.737 bits per heavy atom. The molecule has 0 unspecified atom stereocenters. The molecule has 1 heterocycles. The van der Waals surface area contributed by atoms with Crippen molar-refractivity contribution in [3.63, 3.8) is 0 Å². The summed E-state index contributed by atoms with van der Waals surface area (Å²) in [6.07, 6.45) is -2.16. The van der Waals surface area contributed by atoms with E-state index in [1.54, 1.807) is 0 Å². The zero-order valence-electron chi connectivity index (χ0n) is 19.6. The van der Waals surface area contributed by atoms with E-state index in [0.29, 0.717) is 36.8 Å². The van der Waals surface area contributed by atoms with Gasteiger partial charge in [-0.1, -0.05) is 25.0 Å². The number of halogens is 8. The summed E-state index contributed by atoms with van der Waals surface area (Å²) in [6, 6.07) is 4.84. The molecule has 0 atom stereocenters. The molecule has 2 aliphatic rings. The lowest BCUT2D eigenvalue weighted by Crippen LogP contribution is -2.27. The molecule has 3 aromatic carbocycles. The highest BCUT2D eigenvalue weighted by atomic mass is 19.3. The van der Waals surface area contributed by atoms with E-state index in [-0.39, 0.29) is 23.6 Å². The first kappa shape index (κ1) is 26.4. The van der Waals surface area contributed by atoms with E-state index in [0.717, 1.165) is 12.5 Å². The highest BCUT2D eigenvalue weighted by Crippen LogP contribution is 2.40. The molecule has 3 nitrogen and oxygen atoms in total. The number of alkyl halides is 2. The topological polar surface area (TPSA) is 27.7 Å². The molecule has 0 aromatic heterocycles. The minimum absolute atomic E-state index is 0.0977. The summed E-state index contributed by atoms with van der Waals surface area (Å²) in [5, 5.41) is 0. The maximum absolute atomic E-state index is 14.9. The van der Waals surface area contributed by atoms with Gasteiger partial charge in [-0.2, -0.15) is 8.78 Å². The molecule has 11 heteroatoms. The number of hydrogen-bond donors (Lipinski definition) is 0. The van der Waals surface area contributed by atoms with Gasteiger partial charge in [0, 0.05) is 29.2 Å². The highest BCUT2D eigenvalue weighted by Gasteiger charge is 2.42. The largest absolute Gasteiger partial charge is 0.432 e. The van der Waals surface area contributed by atoms with E-state index in [1.807, 2.05) is 0 Å². The van der Waals surface area contributed by atoms with Crippen LogP contribution in [0.15, 0.2) is 42.5 Å². The van der Waals surface area contributed by atoms with Crippen molar-refractivity contribution in [2.24, 2.45) is 11.8 Å². The third-order valence-corrected chi connectivity index (χ3v) is 6.44. The maximum Gasteiger partial charge on any atom is 0.432 e. The Bertz CT molecular complexity index is 1300. The van der Waals surface area contributed by atoms with Crippen LogP contribution in [-0.4, -0.2) is 13.2 Å². The molecule has 38 heavy (non-hydrogen) atoms. The zero-order chi connectivity index (χ0) is 27.2. The van der Waals surface area contributed by atoms with Gasteiger partial charge in [0.25, 0.3) is 0 Å². The molecule has 5 rings (SSSR count). The zero-order valence-corrected chi connectivity index (χ0v) is 19.6. The van der Waals surface area contributed by atoms with Gasteiger partial charge in [0.15, 0.2) is 23.7 Å². The minimum atomic E-state index is -4.75. The predicted octanol–water partition coefficient (Wildman–Crippen LogP) is 7.78. The first-order valence-electron chi connectivity index (χ1n) is 11.8. The van der Waals surface area contributed by atoms with Crippen LogP contribution in [0.25, 0.3) is 11.1 Å². The number of hydrogen-bond acceptors (Lipinski definition) is 3. The second-order valence-corrected chi connectivity index (χ2v) is 9.42. The maximum atomic E-state index is 14.9. The van der Waals surface area contributed by atoms with Gasteiger partial charge in [-0.05, 0) is 36.1 Å². The van der Waals surface area contributed by atoms with Gasteiger partial charge in [-0.3, -0.25) is 0 Å². The molecule has 202 valence electrons. The molecule has 1 saturated carbocycles. The Kier molecular flexibility index (Phi) is 7.08. The second-order valence-electron chi connectivity index (χ2n) is 9.42. The van der Waals surface area contributed by atoms with Crippen molar-refractivity contribution < 1.29 is 49.3 Å². The average Bonchev–Trinajstić information content (AvgIpc) is 3.66. The summed E-state index contributed by atoms with van der Waals surface area (Å²) in [5.41, 5.74) is -2.22. The molecule has 3 aromatic rings. The summed E-state index contributed by atoms with van der Waals surface area (Å²) < 4.78 is 129. The highest BCUT2D eigenvalue weighted by molar-refractivity contribution is 5.65. The van der Waals surface area contributed by atoms with E-state index in [4.69, 9.17) is 9.47 Å². The van der Waals surface area contributed by atoms with Gasteiger partial charge < -0.3 is 14.2 Å². The summed E-state index contributed by atoms with van der Waals surface area (Å²) in [4.78, 5) is 0. The summed E-state index contributed by atoms with van der Waals surface area (Å²) in [7, 11) is 0. The third kappa shape index (κ3) is 5.49. The Balaban J connectivity index is 1.34. The number of ether oxygens (including phenoxy) is 3. The number of benzene rings is 3. The lowest BCUT2D eigenvalue weighted by molar-refractivity contribution is -0.206. The van der Waals surface area contributed by atoms with Gasteiger partial charge >= 0.3 is 6.11 Å². The fourth-order valence-electron chi connectivity index (χ4n) is 4.41. The fourth-order valence-corrected chi connectivity index (χ4v) is 4.41. The van der Waals surface area contributed by atoms with Crippen LogP contribution in [0.3, 0.4) is 0 Å². The van der Waals surface area contributed by atoms with Crippen molar-refractivity contribution in [3.05, 3.63) is 88.5 Å². The smallest absolute Gasteiger partial charge is 0.429 e. The normalized spacial score (nSPS) is 20.0. The van der Waals surface area contributed by atoms with Gasteiger partial charge in [0.1, 0.15) is 28.8 Å². The van der Waals surface area contributed by atoms with Crippen molar-refractivity contribution >= 4 is 0 Å². The quantitative estimate of drug-likeness (QED) is 0.225. The Morgan fingerprint density at radius 2 is 1.34 bits per heavy atom. The molecule has 0 amide bonds. The van der Waals surface area contributed by atoms with Crippen molar-refractivity contribution in [2.45, 2.75) is 31.7 Å². The lowest BCUT2D eigenvalue weighted by atomic mass is 9.99. The van der Waals surface area contributed by atoms with Crippen LogP contribution in [0.4, 0.5) is 35.1 Å². The van der Waals surface area contributed by atoms with Gasteiger partial charge in [-0.15, -0.1) is 0 Å². The summed E-state index contributed by atoms with van der Waals surface area (Å²) in [5.74, 6) is -10.4. The van der Waals surface area contributed by atoms with Crippen LogP contribution in [0.2, 0.25) is 0 Å². The molecular weight excluding hydrogens is 524 g/mol. The molecule has 0 N–H and O–H groups in total. The average molecular weight is 544 g/mol. The molecule has 0 radical (unpaired) electrons. The Labute approximate surface area is 211 Å². The standard InChI is InChI=1S/C27H20F8O3/c28-19-6-15(26-36-11-14(12-37-26)5-13-1-2-13)3-4-18(19)16-7-20(29)24(21(30)8-16)27(34,35)38-17-9-22(31)25(33)23(32)10-17/h3-4,6-10,13-14,26H,1-2,5,11-12H2.